The maximum Gasteiger partial charge on any atom is 0.333 e. The van der Waals surface area contributed by atoms with E-state index in [0.717, 1.165) is 9.13 Å². The van der Waals surface area contributed by atoms with Crippen molar-refractivity contribution < 1.29 is 5.11 Å². The maximum absolute atomic E-state index is 12.5. The summed E-state index contributed by atoms with van der Waals surface area (Å²) in [6, 6.07) is 9.01. The molecule has 24 heavy (non-hydrogen) atoms. The summed E-state index contributed by atoms with van der Waals surface area (Å²) in [5.74, 6) is -0.498. The topological polar surface area (TPSA) is 102 Å². The number of nitrogens with zero attached hydrogens (tertiary/aromatic N) is 3. The molecule has 0 bridgehead atoms. The molecule has 0 amide bonds. The molecular weight excluding hydrogens is 312 g/mol. The van der Waals surface area contributed by atoms with E-state index >= 15 is 0 Å². The molecule has 0 saturated carbocycles. The van der Waals surface area contributed by atoms with Crippen LogP contribution in [0.3, 0.4) is 0 Å². The largest absolute Gasteiger partial charge is 0.494 e. The first kappa shape index (κ1) is 15.6. The van der Waals surface area contributed by atoms with Gasteiger partial charge in [0.2, 0.25) is 5.88 Å². The summed E-state index contributed by atoms with van der Waals surface area (Å²) in [7, 11) is 4.23. The summed E-state index contributed by atoms with van der Waals surface area (Å²) in [6.45, 7) is 0. The highest BCUT2D eigenvalue weighted by Gasteiger charge is 2.23. The Morgan fingerprint density at radius 2 is 1.54 bits per heavy atom. The van der Waals surface area contributed by atoms with Crippen molar-refractivity contribution in [2.24, 2.45) is 21.1 Å². The second-order valence-electron chi connectivity index (χ2n) is 5.48. The van der Waals surface area contributed by atoms with Gasteiger partial charge in [-0.05, 0) is 0 Å². The molecule has 0 aliphatic rings. The molecule has 2 N–H and O–H groups in total. The third-order valence-electron chi connectivity index (χ3n) is 4.04. The van der Waals surface area contributed by atoms with Crippen LogP contribution in [0.2, 0.25) is 0 Å². The number of aromatic nitrogens is 4. The van der Waals surface area contributed by atoms with Crippen molar-refractivity contribution in [3.05, 3.63) is 61.7 Å². The second kappa shape index (κ2) is 5.41. The smallest absolute Gasteiger partial charge is 0.333 e. The highest BCUT2D eigenvalue weighted by molar-refractivity contribution is 5.80. The number of nitrogens with one attached hydrogen (secondary N) is 1. The van der Waals surface area contributed by atoms with Gasteiger partial charge in [-0.15, -0.1) is 0 Å². The van der Waals surface area contributed by atoms with Gasteiger partial charge >= 0.3 is 11.4 Å². The van der Waals surface area contributed by atoms with Crippen LogP contribution in [-0.2, 0) is 21.1 Å². The van der Waals surface area contributed by atoms with E-state index in [4.69, 9.17) is 0 Å². The highest BCUT2D eigenvalue weighted by atomic mass is 16.3. The number of H-pyrrole nitrogens is 1. The first-order valence-corrected chi connectivity index (χ1v) is 7.18. The van der Waals surface area contributed by atoms with Crippen molar-refractivity contribution in [3.8, 4) is 28.4 Å². The van der Waals surface area contributed by atoms with E-state index in [1.807, 2.05) is 6.07 Å². The Morgan fingerprint density at radius 3 is 2.17 bits per heavy atom. The number of benzene rings is 1. The van der Waals surface area contributed by atoms with Crippen LogP contribution >= 0.6 is 0 Å². The quantitative estimate of drug-likeness (QED) is 0.699. The zero-order valence-electron chi connectivity index (χ0n) is 13.4. The fraction of sp³-hybridized carbons (Fsp3) is 0.188. The monoisotopic (exact) mass is 328 g/mol. The Morgan fingerprint density at radius 1 is 0.917 bits per heavy atom. The van der Waals surface area contributed by atoms with Gasteiger partial charge in [0.1, 0.15) is 5.56 Å². The van der Waals surface area contributed by atoms with Crippen molar-refractivity contribution in [2.75, 3.05) is 0 Å². The first-order valence-electron chi connectivity index (χ1n) is 7.18. The van der Waals surface area contributed by atoms with Gasteiger partial charge < -0.3 is 10.1 Å². The zero-order valence-corrected chi connectivity index (χ0v) is 13.4. The Labute approximate surface area is 135 Å². The lowest BCUT2D eigenvalue weighted by Gasteiger charge is -2.11. The highest BCUT2D eigenvalue weighted by Crippen LogP contribution is 2.31. The fourth-order valence-corrected chi connectivity index (χ4v) is 2.69. The molecule has 0 aliphatic carbocycles. The molecule has 8 heteroatoms. The number of aromatic amines is 1. The van der Waals surface area contributed by atoms with Gasteiger partial charge in [0.05, 0.1) is 11.4 Å². The van der Waals surface area contributed by atoms with E-state index in [-0.39, 0.29) is 11.3 Å². The molecule has 0 unspecified atom stereocenters. The van der Waals surface area contributed by atoms with Crippen molar-refractivity contribution in [1.82, 2.24) is 18.7 Å². The summed E-state index contributed by atoms with van der Waals surface area (Å²) in [5, 5.41) is 10.3. The fourth-order valence-electron chi connectivity index (χ4n) is 2.69. The van der Waals surface area contributed by atoms with Gasteiger partial charge in [-0.25, -0.2) is 9.59 Å². The Balaban J connectivity index is 2.47. The lowest BCUT2D eigenvalue weighted by atomic mass is 10.1. The van der Waals surface area contributed by atoms with E-state index < -0.39 is 22.8 Å². The summed E-state index contributed by atoms with van der Waals surface area (Å²) < 4.78 is 3.20. The molecule has 0 fully saturated rings. The summed E-state index contributed by atoms with van der Waals surface area (Å²) >= 11 is 0. The van der Waals surface area contributed by atoms with E-state index in [2.05, 4.69) is 4.98 Å². The Kier molecular flexibility index (Phi) is 3.52. The first-order chi connectivity index (χ1) is 11.3. The molecule has 3 rings (SSSR count). The third-order valence-corrected chi connectivity index (χ3v) is 4.04. The molecule has 0 radical (unpaired) electrons. The molecular formula is C16H16N4O4. The molecule has 2 heterocycles. The number of hydrogen-bond acceptors (Lipinski definition) is 4. The molecule has 2 aromatic heterocycles. The van der Waals surface area contributed by atoms with Crippen molar-refractivity contribution in [2.45, 2.75) is 0 Å². The number of rotatable bonds is 2. The number of aromatic hydroxyl groups is 1. The van der Waals surface area contributed by atoms with Crippen LogP contribution < -0.4 is 16.9 Å². The van der Waals surface area contributed by atoms with Gasteiger partial charge in [-0.2, -0.15) is 0 Å². The normalized spacial score (nSPS) is 11.0. The van der Waals surface area contributed by atoms with Gasteiger partial charge in [0.15, 0.2) is 0 Å². The van der Waals surface area contributed by atoms with E-state index in [1.54, 1.807) is 31.3 Å². The molecule has 8 nitrogen and oxygen atoms in total. The predicted octanol–water partition coefficient (Wildman–Crippen LogP) is 0.150. The minimum atomic E-state index is -0.686. The average molecular weight is 328 g/mol. The number of hydrogen-bond donors (Lipinski definition) is 2. The van der Waals surface area contributed by atoms with Crippen LogP contribution in [0, 0.1) is 0 Å². The standard InChI is InChI=1S/C16H16N4O4/c1-18-12(9-7-5-4-6-8-9)11(17-15(18)23)10-13(21)19(2)16(24)20(3)14(10)22/h4-8,21H,1-3H3,(H,17,23). The van der Waals surface area contributed by atoms with Crippen LogP contribution in [0.4, 0.5) is 0 Å². The predicted molar refractivity (Wildman–Crippen MR) is 89.1 cm³/mol. The Hall–Kier alpha value is -3.29. The average Bonchev–Trinajstić information content (AvgIpc) is 2.87. The Bertz CT molecular complexity index is 1100. The minimum Gasteiger partial charge on any atom is -0.494 e. The SMILES string of the molecule is Cn1c(-c2ccccc2)c(-c2c(O)n(C)c(=O)n(C)c2=O)[nH]c1=O. The molecule has 3 aromatic rings. The second-order valence-corrected chi connectivity index (χ2v) is 5.48. The third kappa shape index (κ3) is 2.11. The molecule has 0 saturated heterocycles. The van der Waals surface area contributed by atoms with Crippen LogP contribution in [0.15, 0.2) is 44.7 Å². The van der Waals surface area contributed by atoms with Gasteiger partial charge in [0.25, 0.3) is 5.56 Å². The summed E-state index contributed by atoms with van der Waals surface area (Å²) in [5.41, 5.74) is -0.580. The molecule has 124 valence electrons. The van der Waals surface area contributed by atoms with Crippen molar-refractivity contribution >= 4 is 0 Å². The summed E-state index contributed by atoms with van der Waals surface area (Å²) in [6.07, 6.45) is 0. The van der Waals surface area contributed by atoms with E-state index in [0.29, 0.717) is 11.3 Å². The van der Waals surface area contributed by atoms with Gasteiger partial charge in [0, 0.05) is 26.7 Å². The molecule has 0 aliphatic heterocycles. The maximum atomic E-state index is 12.5. The van der Waals surface area contributed by atoms with E-state index in [1.165, 1.54) is 18.7 Å². The lowest BCUT2D eigenvalue weighted by molar-refractivity contribution is 0.414. The van der Waals surface area contributed by atoms with Crippen LogP contribution in [-0.4, -0.2) is 23.8 Å². The van der Waals surface area contributed by atoms with Crippen LogP contribution in [0.1, 0.15) is 0 Å². The molecule has 0 atom stereocenters. The van der Waals surface area contributed by atoms with Crippen LogP contribution in [0.5, 0.6) is 5.88 Å². The van der Waals surface area contributed by atoms with Gasteiger partial charge in [-0.3, -0.25) is 18.5 Å². The van der Waals surface area contributed by atoms with E-state index in [9.17, 15) is 19.5 Å². The van der Waals surface area contributed by atoms with Crippen molar-refractivity contribution in [1.29, 1.82) is 0 Å². The summed E-state index contributed by atoms with van der Waals surface area (Å²) in [4.78, 5) is 39.2. The lowest BCUT2D eigenvalue weighted by Crippen LogP contribution is -2.37. The minimum absolute atomic E-state index is 0.129. The molecule has 1 aromatic carbocycles. The molecule has 0 spiro atoms. The number of imidazole rings is 1. The van der Waals surface area contributed by atoms with Crippen molar-refractivity contribution in [3.63, 3.8) is 0 Å². The van der Waals surface area contributed by atoms with Crippen LogP contribution in [0.25, 0.3) is 22.5 Å². The zero-order chi connectivity index (χ0) is 17.6. The van der Waals surface area contributed by atoms with Gasteiger partial charge in [-0.1, -0.05) is 30.3 Å².